The largest absolute Gasteiger partial charge is 0.480 e. The zero-order valence-corrected chi connectivity index (χ0v) is 9.59. The molecule has 0 aromatic heterocycles. The van der Waals surface area contributed by atoms with Gasteiger partial charge in [0.25, 0.3) is 0 Å². The third-order valence-electron chi connectivity index (χ3n) is 2.88. The van der Waals surface area contributed by atoms with Crippen molar-refractivity contribution >= 4 is 11.9 Å². The van der Waals surface area contributed by atoms with Crippen molar-refractivity contribution in [1.82, 2.24) is 9.80 Å². The minimum absolute atomic E-state index is 0.258. The molecule has 1 heterocycles. The number of hydrogen-bond acceptors (Lipinski definition) is 4. The Balaban J connectivity index is 2.75. The van der Waals surface area contributed by atoms with Crippen molar-refractivity contribution in [1.29, 1.82) is 0 Å². The van der Waals surface area contributed by atoms with Crippen LogP contribution in [0.2, 0.25) is 0 Å². The molecule has 1 amide bonds. The summed E-state index contributed by atoms with van der Waals surface area (Å²) in [6.45, 7) is 4.66. The standard InChI is InChI=1S/C10H18N2O4/c1-7(2)11-3-4-12(9(14)6-13)8(5-11)10(15)16/h7-8,13H,3-6H2,1-2H3,(H,15,16). The third-order valence-corrected chi connectivity index (χ3v) is 2.88. The van der Waals surface area contributed by atoms with E-state index in [2.05, 4.69) is 0 Å². The van der Waals surface area contributed by atoms with Gasteiger partial charge in [-0.15, -0.1) is 0 Å². The summed E-state index contributed by atoms with van der Waals surface area (Å²) in [5.74, 6) is -1.54. The van der Waals surface area contributed by atoms with Gasteiger partial charge in [-0.25, -0.2) is 4.79 Å². The zero-order valence-electron chi connectivity index (χ0n) is 9.59. The summed E-state index contributed by atoms with van der Waals surface area (Å²) in [6.07, 6.45) is 0. The number of piperazine rings is 1. The van der Waals surface area contributed by atoms with Crippen LogP contribution in [0.5, 0.6) is 0 Å². The summed E-state index contributed by atoms with van der Waals surface area (Å²) in [7, 11) is 0. The molecule has 0 bridgehead atoms. The average molecular weight is 230 g/mol. The smallest absolute Gasteiger partial charge is 0.327 e. The number of carboxylic acid groups (broad SMARTS) is 1. The van der Waals surface area contributed by atoms with Crippen LogP contribution < -0.4 is 0 Å². The highest BCUT2D eigenvalue weighted by atomic mass is 16.4. The second-order valence-corrected chi connectivity index (χ2v) is 4.19. The Morgan fingerprint density at radius 1 is 1.38 bits per heavy atom. The van der Waals surface area contributed by atoms with Gasteiger partial charge in [0.15, 0.2) is 0 Å². The van der Waals surface area contributed by atoms with Gasteiger partial charge in [0.05, 0.1) is 0 Å². The van der Waals surface area contributed by atoms with Gasteiger partial charge >= 0.3 is 5.97 Å². The van der Waals surface area contributed by atoms with Crippen LogP contribution in [0.25, 0.3) is 0 Å². The van der Waals surface area contributed by atoms with E-state index >= 15 is 0 Å². The predicted octanol–water partition coefficient (Wildman–Crippen LogP) is -1.02. The van der Waals surface area contributed by atoms with E-state index in [0.717, 1.165) is 0 Å². The van der Waals surface area contributed by atoms with Crippen molar-refractivity contribution in [3.63, 3.8) is 0 Å². The highest BCUT2D eigenvalue weighted by molar-refractivity contribution is 5.84. The molecule has 0 aromatic rings. The number of aliphatic hydroxyl groups is 1. The summed E-state index contributed by atoms with van der Waals surface area (Å²) in [5, 5.41) is 17.8. The summed E-state index contributed by atoms with van der Waals surface area (Å²) >= 11 is 0. The molecule has 0 spiro atoms. The summed E-state index contributed by atoms with van der Waals surface area (Å²) < 4.78 is 0. The van der Waals surface area contributed by atoms with Crippen LogP contribution >= 0.6 is 0 Å². The van der Waals surface area contributed by atoms with Crippen molar-refractivity contribution in [3.05, 3.63) is 0 Å². The van der Waals surface area contributed by atoms with Crippen LogP contribution in [0.3, 0.4) is 0 Å². The highest BCUT2D eigenvalue weighted by Crippen LogP contribution is 2.13. The first-order valence-corrected chi connectivity index (χ1v) is 5.34. The fourth-order valence-electron chi connectivity index (χ4n) is 1.87. The molecule has 1 rings (SSSR count). The molecule has 1 unspecified atom stereocenters. The zero-order chi connectivity index (χ0) is 12.3. The molecule has 0 aliphatic carbocycles. The SMILES string of the molecule is CC(C)N1CCN(C(=O)CO)C(C(=O)O)C1. The van der Waals surface area contributed by atoms with E-state index in [4.69, 9.17) is 10.2 Å². The van der Waals surface area contributed by atoms with Gasteiger partial charge in [0.1, 0.15) is 12.6 Å². The summed E-state index contributed by atoms with van der Waals surface area (Å²) in [4.78, 5) is 25.7. The van der Waals surface area contributed by atoms with Crippen molar-refractivity contribution in [3.8, 4) is 0 Å². The number of aliphatic carboxylic acids is 1. The van der Waals surface area contributed by atoms with Gasteiger partial charge in [-0.3, -0.25) is 9.69 Å². The first-order chi connectivity index (χ1) is 7.47. The lowest BCUT2D eigenvalue weighted by atomic mass is 10.1. The molecule has 1 fully saturated rings. The fourth-order valence-corrected chi connectivity index (χ4v) is 1.87. The molecule has 6 nitrogen and oxygen atoms in total. The number of aliphatic hydroxyl groups excluding tert-OH is 1. The minimum atomic E-state index is -1.02. The van der Waals surface area contributed by atoms with Crippen LogP contribution in [-0.2, 0) is 9.59 Å². The molecular formula is C10H18N2O4. The maximum absolute atomic E-state index is 11.4. The maximum Gasteiger partial charge on any atom is 0.327 e. The molecular weight excluding hydrogens is 212 g/mol. The van der Waals surface area contributed by atoms with Gasteiger partial charge < -0.3 is 15.1 Å². The third kappa shape index (κ3) is 2.70. The van der Waals surface area contributed by atoms with Crippen LogP contribution in [0.1, 0.15) is 13.8 Å². The predicted molar refractivity (Wildman–Crippen MR) is 56.9 cm³/mol. The number of nitrogens with zero attached hydrogens (tertiary/aromatic N) is 2. The van der Waals surface area contributed by atoms with E-state index in [1.54, 1.807) is 0 Å². The number of carboxylic acids is 1. The van der Waals surface area contributed by atoms with E-state index in [9.17, 15) is 9.59 Å². The molecule has 0 radical (unpaired) electrons. The second kappa shape index (κ2) is 5.27. The van der Waals surface area contributed by atoms with Gasteiger partial charge in [0.2, 0.25) is 5.91 Å². The van der Waals surface area contributed by atoms with Crippen LogP contribution in [-0.4, -0.2) is 70.2 Å². The molecule has 0 aromatic carbocycles. The lowest BCUT2D eigenvalue weighted by molar-refractivity contribution is -0.155. The monoisotopic (exact) mass is 230 g/mol. The highest BCUT2D eigenvalue weighted by Gasteiger charge is 2.35. The summed E-state index contributed by atoms with van der Waals surface area (Å²) in [5.41, 5.74) is 0. The Hall–Kier alpha value is -1.14. The Kier molecular flexibility index (Phi) is 4.26. The van der Waals surface area contributed by atoms with E-state index in [-0.39, 0.29) is 6.04 Å². The van der Waals surface area contributed by atoms with Gasteiger partial charge in [-0.1, -0.05) is 0 Å². The first-order valence-electron chi connectivity index (χ1n) is 5.34. The molecule has 1 saturated heterocycles. The Bertz CT molecular complexity index is 280. The lowest BCUT2D eigenvalue weighted by Gasteiger charge is -2.40. The molecule has 1 aliphatic heterocycles. The fraction of sp³-hybridized carbons (Fsp3) is 0.800. The Morgan fingerprint density at radius 3 is 2.44 bits per heavy atom. The van der Waals surface area contributed by atoms with E-state index in [0.29, 0.717) is 19.6 Å². The topological polar surface area (TPSA) is 81.1 Å². The number of carbonyl (C=O) groups is 2. The second-order valence-electron chi connectivity index (χ2n) is 4.19. The van der Waals surface area contributed by atoms with Crippen LogP contribution in [0.15, 0.2) is 0 Å². The lowest BCUT2D eigenvalue weighted by Crippen LogP contribution is -2.60. The van der Waals surface area contributed by atoms with E-state index in [1.165, 1.54) is 4.90 Å². The molecule has 1 atom stereocenters. The van der Waals surface area contributed by atoms with Gasteiger partial charge in [0, 0.05) is 25.7 Å². The molecule has 6 heteroatoms. The molecule has 2 N–H and O–H groups in total. The van der Waals surface area contributed by atoms with Gasteiger partial charge in [-0.2, -0.15) is 0 Å². The van der Waals surface area contributed by atoms with E-state index in [1.807, 2.05) is 18.7 Å². The average Bonchev–Trinajstić information content (AvgIpc) is 2.26. The first kappa shape index (κ1) is 12.9. The maximum atomic E-state index is 11.4. The Morgan fingerprint density at radius 2 is 2.00 bits per heavy atom. The molecule has 92 valence electrons. The molecule has 0 saturated carbocycles. The quantitative estimate of drug-likeness (QED) is 0.649. The van der Waals surface area contributed by atoms with Crippen molar-refractivity contribution in [2.45, 2.75) is 25.9 Å². The van der Waals surface area contributed by atoms with Crippen molar-refractivity contribution in [2.24, 2.45) is 0 Å². The molecule has 1 aliphatic rings. The number of carbonyl (C=O) groups excluding carboxylic acids is 1. The van der Waals surface area contributed by atoms with Crippen molar-refractivity contribution < 1.29 is 19.8 Å². The Labute approximate surface area is 94.4 Å². The van der Waals surface area contributed by atoms with Crippen LogP contribution in [0, 0.1) is 0 Å². The minimum Gasteiger partial charge on any atom is -0.480 e. The van der Waals surface area contributed by atoms with E-state index < -0.39 is 24.5 Å². The normalized spacial score (nSPS) is 22.5. The van der Waals surface area contributed by atoms with Crippen molar-refractivity contribution in [2.75, 3.05) is 26.2 Å². The van der Waals surface area contributed by atoms with Crippen LogP contribution in [0.4, 0.5) is 0 Å². The number of hydrogen-bond donors (Lipinski definition) is 2. The summed E-state index contributed by atoms with van der Waals surface area (Å²) in [6, 6.07) is -0.593. The number of amides is 1. The number of rotatable bonds is 3. The van der Waals surface area contributed by atoms with Gasteiger partial charge in [-0.05, 0) is 13.8 Å². The molecule has 16 heavy (non-hydrogen) atoms.